The zero-order valence-corrected chi connectivity index (χ0v) is 30.0. The highest BCUT2D eigenvalue weighted by Crippen LogP contribution is 2.57. The number of aromatic nitrogens is 2. The van der Waals surface area contributed by atoms with Gasteiger partial charge in [-0.2, -0.15) is 0 Å². The van der Waals surface area contributed by atoms with E-state index >= 15 is 0 Å². The molecule has 8 aromatic carbocycles. The molecule has 0 atom stereocenters. The van der Waals surface area contributed by atoms with E-state index in [9.17, 15) is 0 Å². The number of anilines is 3. The van der Waals surface area contributed by atoms with Crippen molar-refractivity contribution >= 4 is 60.7 Å². The average Bonchev–Trinajstić information content (AvgIpc) is 3.75. The van der Waals surface area contributed by atoms with Gasteiger partial charge in [0.2, 0.25) is 0 Å². The van der Waals surface area contributed by atoms with Crippen LogP contribution in [-0.4, -0.2) is 9.13 Å². The first-order valence-electron chi connectivity index (χ1n) is 18.9. The van der Waals surface area contributed by atoms with E-state index in [1.54, 1.807) is 0 Å². The number of hydrogen-bond donors (Lipinski definition) is 0. The molecule has 54 heavy (non-hydrogen) atoms. The monoisotopic (exact) mass is 691 g/mol. The third kappa shape index (κ3) is 4.18. The number of rotatable bonds is 5. The highest BCUT2D eigenvalue weighted by molar-refractivity contribution is 6.12. The van der Waals surface area contributed by atoms with Gasteiger partial charge in [-0.1, -0.05) is 140 Å². The van der Waals surface area contributed by atoms with Gasteiger partial charge in [-0.05, 0) is 78.2 Å². The second kappa shape index (κ2) is 11.8. The van der Waals surface area contributed by atoms with Gasteiger partial charge in [0.25, 0.3) is 0 Å². The molecule has 3 heterocycles. The number of aryl methyl sites for hydroxylation is 1. The zero-order valence-electron chi connectivity index (χ0n) is 30.0. The minimum Gasteiger partial charge on any atom is -0.341 e. The summed E-state index contributed by atoms with van der Waals surface area (Å²) in [6.07, 6.45) is 0. The van der Waals surface area contributed by atoms with Crippen molar-refractivity contribution in [1.82, 2.24) is 9.13 Å². The van der Waals surface area contributed by atoms with E-state index < -0.39 is 5.54 Å². The van der Waals surface area contributed by atoms with Crippen molar-refractivity contribution in [3.05, 3.63) is 211 Å². The second-order valence-electron chi connectivity index (χ2n) is 14.4. The Balaban J connectivity index is 1.23. The van der Waals surface area contributed by atoms with Crippen molar-refractivity contribution in [3.8, 4) is 11.1 Å². The molecule has 2 aromatic heterocycles. The van der Waals surface area contributed by atoms with Crippen molar-refractivity contribution < 1.29 is 0 Å². The van der Waals surface area contributed by atoms with Crippen LogP contribution in [0, 0.1) is 0 Å². The fourth-order valence-corrected chi connectivity index (χ4v) is 9.53. The van der Waals surface area contributed by atoms with Crippen LogP contribution < -0.4 is 4.90 Å². The van der Waals surface area contributed by atoms with Crippen molar-refractivity contribution in [2.75, 3.05) is 4.90 Å². The maximum atomic E-state index is 2.62. The Kier molecular flexibility index (Phi) is 6.74. The van der Waals surface area contributed by atoms with Crippen LogP contribution in [0.15, 0.2) is 194 Å². The third-order valence-corrected chi connectivity index (χ3v) is 11.7. The summed E-state index contributed by atoms with van der Waals surface area (Å²) in [5.74, 6) is 0. The number of benzene rings is 8. The molecule has 0 radical (unpaired) electrons. The summed E-state index contributed by atoms with van der Waals surface area (Å²) in [4.78, 5) is 2.50. The Morgan fingerprint density at radius 2 is 0.926 bits per heavy atom. The lowest BCUT2D eigenvalue weighted by atomic mass is 9.72. The SMILES string of the molecule is CCn1c2ccc(-c3ccccc3)cc2c2cc(N3c4ccccc4C(c4ccccc4)(n4c5ccccc5c5ccccc54)c4ccccc43)ccc21. The molecular formula is C51H37N3. The van der Waals surface area contributed by atoms with Crippen molar-refractivity contribution in [3.63, 3.8) is 0 Å². The van der Waals surface area contributed by atoms with Crippen LogP contribution >= 0.6 is 0 Å². The lowest BCUT2D eigenvalue weighted by molar-refractivity contribution is 0.544. The third-order valence-electron chi connectivity index (χ3n) is 11.7. The van der Waals surface area contributed by atoms with Crippen molar-refractivity contribution in [2.45, 2.75) is 19.0 Å². The molecule has 0 saturated heterocycles. The summed E-state index contributed by atoms with van der Waals surface area (Å²) < 4.78 is 5.06. The van der Waals surface area contributed by atoms with Gasteiger partial charge >= 0.3 is 0 Å². The van der Waals surface area contributed by atoms with Gasteiger partial charge in [0.15, 0.2) is 0 Å². The van der Waals surface area contributed by atoms with E-state index in [2.05, 4.69) is 215 Å². The minimum atomic E-state index is -0.666. The molecule has 0 spiro atoms. The molecular weight excluding hydrogens is 655 g/mol. The van der Waals surface area contributed by atoms with Gasteiger partial charge in [0.1, 0.15) is 5.54 Å². The molecule has 0 fully saturated rings. The number of hydrogen-bond acceptors (Lipinski definition) is 1. The van der Waals surface area contributed by atoms with Crippen LogP contribution in [0.25, 0.3) is 54.7 Å². The predicted octanol–water partition coefficient (Wildman–Crippen LogP) is 13.2. The molecule has 1 aliphatic rings. The predicted molar refractivity (Wildman–Crippen MR) is 226 cm³/mol. The minimum absolute atomic E-state index is 0.666. The van der Waals surface area contributed by atoms with E-state index in [-0.39, 0.29) is 0 Å². The van der Waals surface area contributed by atoms with Gasteiger partial charge in [-0.3, -0.25) is 0 Å². The lowest BCUT2D eigenvalue weighted by Crippen LogP contribution is -2.42. The first-order chi connectivity index (χ1) is 26.8. The summed E-state index contributed by atoms with van der Waals surface area (Å²) in [5, 5.41) is 5.05. The highest BCUT2D eigenvalue weighted by atomic mass is 15.2. The molecule has 0 N–H and O–H groups in total. The summed E-state index contributed by atoms with van der Waals surface area (Å²) >= 11 is 0. The topological polar surface area (TPSA) is 13.1 Å². The van der Waals surface area contributed by atoms with E-state index in [4.69, 9.17) is 0 Å². The van der Waals surface area contributed by atoms with Crippen molar-refractivity contribution in [1.29, 1.82) is 0 Å². The molecule has 3 heteroatoms. The first kappa shape index (κ1) is 30.8. The molecule has 0 bridgehead atoms. The normalized spacial score (nSPS) is 13.5. The first-order valence-corrected chi connectivity index (χ1v) is 18.9. The van der Waals surface area contributed by atoms with Crippen LogP contribution in [0.4, 0.5) is 17.1 Å². The highest BCUT2D eigenvalue weighted by Gasteiger charge is 2.47. The quantitative estimate of drug-likeness (QED) is 0.175. The Morgan fingerprint density at radius 3 is 1.56 bits per heavy atom. The lowest BCUT2D eigenvalue weighted by Gasteiger charge is -2.47. The Bertz CT molecular complexity index is 2940. The molecule has 10 aromatic rings. The molecule has 0 amide bonds. The molecule has 256 valence electrons. The molecule has 0 unspecified atom stereocenters. The van der Waals surface area contributed by atoms with Gasteiger partial charge < -0.3 is 14.0 Å². The van der Waals surface area contributed by atoms with Crippen LogP contribution in [0.5, 0.6) is 0 Å². The Hall–Kier alpha value is -6.84. The smallest absolute Gasteiger partial charge is 0.125 e. The van der Waals surface area contributed by atoms with Crippen molar-refractivity contribution in [2.24, 2.45) is 0 Å². The van der Waals surface area contributed by atoms with E-state index in [0.29, 0.717) is 0 Å². The zero-order chi connectivity index (χ0) is 35.8. The van der Waals surface area contributed by atoms with Crippen LogP contribution in [-0.2, 0) is 12.1 Å². The Morgan fingerprint density at radius 1 is 0.407 bits per heavy atom. The van der Waals surface area contributed by atoms with Crippen LogP contribution in [0.2, 0.25) is 0 Å². The summed E-state index contributed by atoms with van der Waals surface area (Å²) in [5.41, 5.74) is 13.9. The second-order valence-corrected chi connectivity index (χ2v) is 14.4. The molecule has 0 aliphatic carbocycles. The van der Waals surface area contributed by atoms with E-state index in [0.717, 1.165) is 12.2 Å². The fourth-order valence-electron chi connectivity index (χ4n) is 9.53. The Labute approximate surface area is 314 Å². The van der Waals surface area contributed by atoms with Gasteiger partial charge in [-0.15, -0.1) is 0 Å². The molecule has 0 saturated carbocycles. The number of nitrogens with zero attached hydrogens (tertiary/aromatic N) is 3. The molecule has 3 nitrogen and oxygen atoms in total. The largest absolute Gasteiger partial charge is 0.341 e. The van der Waals surface area contributed by atoms with Gasteiger partial charge in [-0.25, -0.2) is 0 Å². The summed E-state index contributed by atoms with van der Waals surface area (Å²) in [7, 11) is 0. The summed E-state index contributed by atoms with van der Waals surface area (Å²) in [6.45, 7) is 3.14. The van der Waals surface area contributed by atoms with Gasteiger partial charge in [0, 0.05) is 55.9 Å². The van der Waals surface area contributed by atoms with Crippen LogP contribution in [0.3, 0.4) is 0 Å². The average molecular weight is 692 g/mol. The molecule has 11 rings (SSSR count). The van der Waals surface area contributed by atoms with E-state index in [1.165, 1.54) is 82.8 Å². The fraction of sp³-hybridized carbons (Fsp3) is 0.0588. The van der Waals surface area contributed by atoms with Crippen LogP contribution in [0.1, 0.15) is 23.6 Å². The number of fused-ring (bicyclic) bond motifs is 8. The maximum Gasteiger partial charge on any atom is 0.125 e. The summed E-state index contributed by atoms with van der Waals surface area (Å²) in [6, 6.07) is 71.7. The number of para-hydroxylation sites is 4. The molecule has 1 aliphatic heterocycles. The maximum absolute atomic E-state index is 2.62. The standard InChI is InChI=1S/C51H37N3/c1-2-52-45-31-29-36(35-17-5-3-6-18-35)33-41(45)42-34-38(30-32-46(42)52)53-49-27-15-11-23-43(49)51(37-19-7-4-8-20-37,44-24-12-16-28-50(44)53)54-47-25-13-9-21-39(47)40-22-10-14-26-48(40)54/h3-34H,2H2,1H3. The van der Waals surface area contributed by atoms with Gasteiger partial charge in [0.05, 0.1) is 22.4 Å². The van der Waals surface area contributed by atoms with E-state index in [1.807, 2.05) is 0 Å².